The molecule has 2 atom stereocenters. The lowest BCUT2D eigenvalue weighted by molar-refractivity contribution is -0.129. The van der Waals surface area contributed by atoms with E-state index < -0.39 is 12.2 Å². The highest BCUT2D eigenvalue weighted by atomic mass is 16.6. The van der Waals surface area contributed by atoms with Crippen molar-refractivity contribution in [1.82, 2.24) is 0 Å². The predicted molar refractivity (Wildman–Crippen MR) is 101 cm³/mol. The van der Waals surface area contributed by atoms with Crippen molar-refractivity contribution in [3.8, 4) is 11.5 Å². The number of nitrogens with zero attached hydrogens (tertiary/aromatic N) is 1. The van der Waals surface area contributed by atoms with Crippen molar-refractivity contribution in [3.05, 3.63) is 84.9 Å². The maximum absolute atomic E-state index is 13.4. The van der Waals surface area contributed by atoms with Crippen LogP contribution in [0.1, 0.15) is 6.92 Å². The number of hydrogen-bond acceptors (Lipinski definition) is 3. The summed E-state index contributed by atoms with van der Waals surface area (Å²) < 4.78 is 11.9. The van der Waals surface area contributed by atoms with Crippen LogP contribution >= 0.6 is 0 Å². The average Bonchev–Trinajstić information content (AvgIpc) is 2.69. The Hall–Kier alpha value is -3.27. The summed E-state index contributed by atoms with van der Waals surface area (Å²) in [5.74, 6) is 1.09. The number of carbonyl (C=O) groups is 1. The van der Waals surface area contributed by atoms with E-state index in [0.717, 1.165) is 11.4 Å². The summed E-state index contributed by atoms with van der Waals surface area (Å²) in [7, 11) is 0. The van der Waals surface area contributed by atoms with E-state index in [9.17, 15) is 4.79 Å². The smallest absolute Gasteiger partial charge is 0.276 e. The van der Waals surface area contributed by atoms with Gasteiger partial charge in [-0.15, -0.1) is 0 Å². The highest BCUT2D eigenvalue weighted by molar-refractivity contribution is 6.03. The fraction of sp³-hybridized carbons (Fsp3) is 0.136. The Labute approximate surface area is 152 Å². The lowest BCUT2D eigenvalue weighted by atomic mass is 10.1. The number of carbonyl (C=O) groups excluding carboxylic acids is 1. The van der Waals surface area contributed by atoms with Crippen molar-refractivity contribution < 1.29 is 14.3 Å². The summed E-state index contributed by atoms with van der Waals surface area (Å²) in [6.07, 6.45) is -1.13. The molecular formula is C22H19NO3. The number of benzene rings is 3. The van der Waals surface area contributed by atoms with E-state index in [1.807, 2.05) is 91.9 Å². The maximum Gasteiger partial charge on any atom is 0.276 e. The van der Waals surface area contributed by atoms with E-state index in [1.165, 1.54) is 0 Å². The first-order valence-corrected chi connectivity index (χ1v) is 8.60. The number of para-hydroxylation sites is 4. The van der Waals surface area contributed by atoms with E-state index in [1.54, 1.807) is 4.90 Å². The van der Waals surface area contributed by atoms with Crippen molar-refractivity contribution in [1.29, 1.82) is 0 Å². The molecule has 1 heterocycles. The first kappa shape index (κ1) is 16.2. The zero-order chi connectivity index (χ0) is 17.9. The number of anilines is 2. The van der Waals surface area contributed by atoms with Crippen LogP contribution in [0.3, 0.4) is 0 Å². The molecule has 26 heavy (non-hydrogen) atoms. The summed E-state index contributed by atoms with van der Waals surface area (Å²) in [6, 6.07) is 26.6. The fourth-order valence-corrected chi connectivity index (χ4v) is 3.08. The van der Waals surface area contributed by atoms with Crippen LogP contribution in [-0.4, -0.2) is 18.1 Å². The topological polar surface area (TPSA) is 38.8 Å². The predicted octanol–water partition coefficient (Wildman–Crippen LogP) is 4.58. The van der Waals surface area contributed by atoms with Gasteiger partial charge in [-0.2, -0.15) is 0 Å². The third-order valence-electron chi connectivity index (χ3n) is 4.33. The van der Waals surface area contributed by atoms with Gasteiger partial charge >= 0.3 is 0 Å². The zero-order valence-corrected chi connectivity index (χ0v) is 14.4. The second-order valence-corrected chi connectivity index (χ2v) is 6.15. The number of ether oxygens (including phenoxy) is 2. The highest BCUT2D eigenvalue weighted by Gasteiger charge is 2.37. The van der Waals surface area contributed by atoms with Gasteiger partial charge in [0.1, 0.15) is 6.10 Å². The second kappa shape index (κ2) is 6.92. The summed E-state index contributed by atoms with van der Waals surface area (Å²) in [5, 5.41) is 0. The molecule has 0 spiro atoms. The van der Waals surface area contributed by atoms with Gasteiger partial charge in [0.05, 0.1) is 0 Å². The Kier molecular flexibility index (Phi) is 4.32. The van der Waals surface area contributed by atoms with E-state index in [0.29, 0.717) is 11.5 Å². The molecule has 3 aromatic carbocycles. The molecule has 0 saturated carbocycles. The Bertz CT molecular complexity index is 856. The maximum atomic E-state index is 13.4. The molecule has 2 unspecified atom stereocenters. The Balaban J connectivity index is 1.71. The van der Waals surface area contributed by atoms with Crippen LogP contribution in [0, 0.1) is 0 Å². The van der Waals surface area contributed by atoms with E-state index in [2.05, 4.69) is 0 Å². The molecule has 4 nitrogen and oxygen atoms in total. The SMILES string of the molecule is CC1Oc2ccccc2OC1C(=O)N(c1ccccc1)c1ccccc1. The lowest BCUT2D eigenvalue weighted by Gasteiger charge is -2.34. The molecule has 130 valence electrons. The number of amides is 1. The zero-order valence-electron chi connectivity index (χ0n) is 14.4. The minimum Gasteiger partial charge on any atom is -0.482 e. The molecular weight excluding hydrogens is 326 g/mol. The van der Waals surface area contributed by atoms with Crippen LogP contribution in [0.25, 0.3) is 0 Å². The molecule has 0 bridgehead atoms. The standard InChI is InChI=1S/C22H19NO3/c1-16-21(26-20-15-9-8-14-19(20)25-16)22(24)23(17-10-4-2-5-11-17)18-12-6-3-7-13-18/h2-16,21H,1H3. The number of fused-ring (bicyclic) bond motifs is 1. The first-order valence-electron chi connectivity index (χ1n) is 8.60. The largest absolute Gasteiger partial charge is 0.482 e. The first-order chi connectivity index (χ1) is 12.7. The molecule has 1 amide bonds. The average molecular weight is 345 g/mol. The quantitative estimate of drug-likeness (QED) is 0.697. The Morgan fingerprint density at radius 2 is 1.19 bits per heavy atom. The van der Waals surface area contributed by atoms with Gasteiger partial charge in [0, 0.05) is 11.4 Å². The van der Waals surface area contributed by atoms with Crippen LogP contribution in [0.2, 0.25) is 0 Å². The van der Waals surface area contributed by atoms with Crippen LogP contribution in [0.5, 0.6) is 11.5 Å². The molecule has 4 rings (SSSR count). The van der Waals surface area contributed by atoms with Crippen molar-refractivity contribution in [2.24, 2.45) is 0 Å². The second-order valence-electron chi connectivity index (χ2n) is 6.15. The molecule has 0 aliphatic carbocycles. The minimum atomic E-state index is -0.731. The van der Waals surface area contributed by atoms with Gasteiger partial charge in [0.15, 0.2) is 11.5 Å². The van der Waals surface area contributed by atoms with E-state index in [-0.39, 0.29) is 5.91 Å². The number of hydrogen-bond donors (Lipinski definition) is 0. The van der Waals surface area contributed by atoms with Crippen LogP contribution in [0.15, 0.2) is 84.9 Å². The van der Waals surface area contributed by atoms with Crippen LogP contribution < -0.4 is 14.4 Å². The van der Waals surface area contributed by atoms with Gasteiger partial charge in [-0.05, 0) is 43.3 Å². The van der Waals surface area contributed by atoms with Crippen LogP contribution in [0.4, 0.5) is 11.4 Å². The minimum absolute atomic E-state index is 0.163. The summed E-state index contributed by atoms with van der Waals surface area (Å²) in [4.78, 5) is 15.1. The van der Waals surface area contributed by atoms with E-state index in [4.69, 9.17) is 9.47 Å². The Morgan fingerprint density at radius 1 is 0.731 bits per heavy atom. The fourth-order valence-electron chi connectivity index (χ4n) is 3.08. The summed E-state index contributed by atoms with van der Waals surface area (Å²) in [6.45, 7) is 1.85. The summed E-state index contributed by atoms with van der Waals surface area (Å²) >= 11 is 0. The summed E-state index contributed by atoms with van der Waals surface area (Å²) in [5.41, 5.74) is 1.58. The molecule has 1 aliphatic rings. The van der Waals surface area contributed by atoms with Crippen molar-refractivity contribution >= 4 is 17.3 Å². The lowest BCUT2D eigenvalue weighted by Crippen LogP contribution is -2.49. The monoisotopic (exact) mass is 345 g/mol. The molecule has 0 radical (unpaired) electrons. The third kappa shape index (κ3) is 3.02. The molecule has 0 saturated heterocycles. The molecule has 0 fully saturated rings. The van der Waals surface area contributed by atoms with Gasteiger partial charge in [-0.1, -0.05) is 48.5 Å². The molecule has 0 N–H and O–H groups in total. The Morgan fingerprint density at radius 3 is 1.73 bits per heavy atom. The van der Waals surface area contributed by atoms with Gasteiger partial charge in [-0.3, -0.25) is 9.69 Å². The van der Waals surface area contributed by atoms with Crippen LogP contribution in [-0.2, 0) is 4.79 Å². The van der Waals surface area contributed by atoms with Crippen molar-refractivity contribution in [3.63, 3.8) is 0 Å². The van der Waals surface area contributed by atoms with Gasteiger partial charge in [0.25, 0.3) is 5.91 Å². The third-order valence-corrected chi connectivity index (χ3v) is 4.33. The van der Waals surface area contributed by atoms with Gasteiger partial charge in [0.2, 0.25) is 6.10 Å². The molecule has 0 aromatic heterocycles. The van der Waals surface area contributed by atoms with Crippen molar-refractivity contribution in [2.45, 2.75) is 19.1 Å². The van der Waals surface area contributed by atoms with Gasteiger partial charge < -0.3 is 9.47 Å². The highest BCUT2D eigenvalue weighted by Crippen LogP contribution is 2.35. The normalized spacial score (nSPS) is 18.2. The van der Waals surface area contributed by atoms with Crippen molar-refractivity contribution in [2.75, 3.05) is 4.90 Å². The number of rotatable bonds is 3. The molecule has 3 aromatic rings. The molecule has 1 aliphatic heterocycles. The van der Waals surface area contributed by atoms with E-state index >= 15 is 0 Å². The van der Waals surface area contributed by atoms with Gasteiger partial charge in [-0.25, -0.2) is 0 Å². The molecule has 4 heteroatoms.